The minimum Gasteiger partial charge on any atom is -0.490 e. The molecule has 106 valence electrons. The molecule has 0 bridgehead atoms. The van der Waals surface area contributed by atoms with Crippen molar-refractivity contribution in [2.45, 2.75) is 30.9 Å². The summed E-state index contributed by atoms with van der Waals surface area (Å²) in [5.41, 5.74) is 1.33. The Morgan fingerprint density at radius 3 is 3.05 bits per heavy atom. The topological polar surface area (TPSA) is 94.3 Å². The molecule has 1 N–H and O–H groups in total. The molecule has 1 aliphatic rings. The monoisotopic (exact) mass is 295 g/mol. The van der Waals surface area contributed by atoms with E-state index in [0.29, 0.717) is 12.1 Å². The average molecular weight is 295 g/mol. The van der Waals surface area contributed by atoms with Gasteiger partial charge >= 0.3 is 0 Å². The maximum Gasteiger partial charge on any atom is 0.240 e. The molecular weight excluding hydrogens is 282 g/mol. The summed E-state index contributed by atoms with van der Waals surface area (Å²) in [6, 6.07) is 4.85. The summed E-state index contributed by atoms with van der Waals surface area (Å²) in [4.78, 5) is 0.213. The van der Waals surface area contributed by atoms with Crippen LogP contribution in [-0.4, -0.2) is 24.8 Å². The lowest BCUT2D eigenvalue weighted by Gasteiger charge is -2.06. The van der Waals surface area contributed by atoms with Crippen molar-refractivity contribution < 1.29 is 17.8 Å². The number of benzene rings is 1. The van der Waals surface area contributed by atoms with Crippen molar-refractivity contribution in [2.24, 2.45) is 0 Å². The first-order valence-electron chi connectivity index (χ1n) is 6.10. The van der Waals surface area contributed by atoms with Crippen molar-refractivity contribution in [2.75, 3.05) is 0 Å². The lowest BCUT2D eigenvalue weighted by atomic mass is 10.1. The van der Waals surface area contributed by atoms with Gasteiger partial charge in [0.25, 0.3) is 0 Å². The van der Waals surface area contributed by atoms with E-state index in [4.69, 9.17) is 4.74 Å². The third-order valence-corrected chi connectivity index (χ3v) is 4.43. The third kappa shape index (κ3) is 2.52. The number of hydrogen-bond donors (Lipinski definition) is 1. The van der Waals surface area contributed by atoms with Gasteiger partial charge in [0, 0.05) is 6.42 Å². The van der Waals surface area contributed by atoms with Gasteiger partial charge in [0.15, 0.2) is 0 Å². The van der Waals surface area contributed by atoms with Crippen LogP contribution in [0.1, 0.15) is 18.2 Å². The summed E-state index contributed by atoms with van der Waals surface area (Å²) in [7, 11) is -3.59. The van der Waals surface area contributed by atoms with Crippen molar-refractivity contribution in [1.29, 1.82) is 0 Å². The lowest BCUT2D eigenvalue weighted by Crippen LogP contribution is -2.23. The fourth-order valence-corrected chi connectivity index (χ4v) is 3.13. The molecule has 20 heavy (non-hydrogen) atoms. The Kier molecular flexibility index (Phi) is 3.19. The first-order valence-corrected chi connectivity index (χ1v) is 7.58. The number of sulfonamides is 1. The minimum absolute atomic E-state index is 0.0375. The Morgan fingerprint density at radius 1 is 1.45 bits per heavy atom. The smallest absolute Gasteiger partial charge is 0.240 e. The van der Waals surface area contributed by atoms with E-state index in [1.165, 1.54) is 12.3 Å². The molecule has 8 heteroatoms. The lowest BCUT2D eigenvalue weighted by molar-refractivity contribution is 0.254. The van der Waals surface area contributed by atoms with E-state index >= 15 is 0 Å². The Morgan fingerprint density at radius 2 is 2.30 bits per heavy atom. The summed E-state index contributed by atoms with van der Waals surface area (Å²) in [6.45, 7) is 1.99. The Bertz CT molecular complexity index is 712. The van der Waals surface area contributed by atoms with Crippen molar-refractivity contribution in [3.05, 3.63) is 35.7 Å². The first-order chi connectivity index (χ1) is 9.54. The van der Waals surface area contributed by atoms with E-state index in [0.717, 1.165) is 11.3 Å². The largest absolute Gasteiger partial charge is 0.490 e. The number of aromatic nitrogens is 2. The highest BCUT2D eigenvalue weighted by Gasteiger charge is 2.22. The molecule has 1 aromatic heterocycles. The predicted molar refractivity (Wildman–Crippen MR) is 68.6 cm³/mol. The second kappa shape index (κ2) is 4.88. The number of nitrogens with zero attached hydrogens (tertiary/aromatic N) is 2. The summed E-state index contributed by atoms with van der Waals surface area (Å²) >= 11 is 0. The van der Waals surface area contributed by atoms with Gasteiger partial charge in [0.2, 0.25) is 10.0 Å². The van der Waals surface area contributed by atoms with Gasteiger partial charge in [0.1, 0.15) is 17.5 Å². The van der Waals surface area contributed by atoms with Crippen molar-refractivity contribution in [3.63, 3.8) is 0 Å². The number of nitrogens with one attached hydrogen (secondary N) is 1. The van der Waals surface area contributed by atoms with E-state index in [1.807, 2.05) is 6.92 Å². The van der Waals surface area contributed by atoms with Crippen molar-refractivity contribution in [1.82, 2.24) is 15.0 Å². The van der Waals surface area contributed by atoms with E-state index in [2.05, 4.69) is 19.7 Å². The van der Waals surface area contributed by atoms with E-state index in [-0.39, 0.29) is 17.5 Å². The number of hydrogen-bond acceptors (Lipinski definition) is 6. The molecule has 0 saturated heterocycles. The second-order valence-corrected chi connectivity index (χ2v) is 6.39. The Hall–Kier alpha value is -1.93. The summed E-state index contributed by atoms with van der Waals surface area (Å²) in [6.07, 6.45) is 2.16. The normalized spacial score (nSPS) is 17.8. The molecule has 3 rings (SSSR count). The second-order valence-electron chi connectivity index (χ2n) is 4.63. The van der Waals surface area contributed by atoms with Crippen LogP contribution in [0, 0.1) is 0 Å². The zero-order valence-corrected chi connectivity index (χ0v) is 11.6. The Labute approximate surface area is 116 Å². The van der Waals surface area contributed by atoms with Gasteiger partial charge in [-0.25, -0.2) is 17.8 Å². The fourth-order valence-electron chi connectivity index (χ4n) is 2.08. The van der Waals surface area contributed by atoms with Crippen molar-refractivity contribution in [3.8, 4) is 5.75 Å². The van der Waals surface area contributed by atoms with Crippen LogP contribution in [0.4, 0.5) is 0 Å². The molecule has 0 aliphatic carbocycles. The Balaban J connectivity index is 1.79. The maximum absolute atomic E-state index is 12.2. The number of rotatable bonds is 4. The molecule has 0 saturated carbocycles. The van der Waals surface area contributed by atoms with Crippen LogP contribution in [0.2, 0.25) is 0 Å². The molecule has 0 fully saturated rings. The fraction of sp³-hybridized carbons (Fsp3) is 0.333. The average Bonchev–Trinajstić information content (AvgIpc) is 3.03. The molecule has 1 aliphatic heterocycles. The molecule has 1 unspecified atom stereocenters. The molecule has 0 radical (unpaired) electrons. The van der Waals surface area contributed by atoms with Gasteiger partial charge < -0.3 is 4.74 Å². The van der Waals surface area contributed by atoms with E-state index < -0.39 is 10.0 Å². The van der Waals surface area contributed by atoms with Crippen LogP contribution in [0.15, 0.2) is 33.9 Å². The van der Waals surface area contributed by atoms with E-state index in [1.54, 1.807) is 12.1 Å². The highest BCUT2D eigenvalue weighted by molar-refractivity contribution is 7.89. The highest BCUT2D eigenvalue weighted by Crippen LogP contribution is 2.30. The molecule has 1 atom stereocenters. The van der Waals surface area contributed by atoms with Crippen LogP contribution in [0.5, 0.6) is 5.75 Å². The molecule has 1 aromatic carbocycles. The SMILES string of the molecule is CC1Cc2cc(S(=O)(=O)NCc3cnon3)ccc2O1. The van der Waals surface area contributed by atoms with Crippen LogP contribution in [0.3, 0.4) is 0 Å². The van der Waals surface area contributed by atoms with Crippen LogP contribution in [-0.2, 0) is 23.0 Å². The summed E-state index contributed by atoms with van der Waals surface area (Å²) in [5.74, 6) is 0.747. The van der Waals surface area contributed by atoms with Gasteiger partial charge in [-0.3, -0.25) is 0 Å². The molecule has 2 heterocycles. The van der Waals surface area contributed by atoms with Gasteiger partial charge in [-0.2, -0.15) is 0 Å². The van der Waals surface area contributed by atoms with Gasteiger partial charge in [-0.05, 0) is 30.7 Å². The van der Waals surface area contributed by atoms with Gasteiger partial charge in [0.05, 0.1) is 17.6 Å². The zero-order valence-electron chi connectivity index (χ0n) is 10.7. The molecule has 0 spiro atoms. The minimum atomic E-state index is -3.59. The standard InChI is InChI=1S/C12H13N3O4S/c1-8-4-9-5-11(2-3-12(9)18-8)20(16,17)14-7-10-6-13-19-15-10/h2-3,5-6,8,14H,4,7H2,1H3. The molecule has 2 aromatic rings. The summed E-state index contributed by atoms with van der Waals surface area (Å²) < 4.78 is 36.8. The van der Waals surface area contributed by atoms with Crippen LogP contribution >= 0.6 is 0 Å². The molecule has 0 amide bonds. The zero-order chi connectivity index (χ0) is 14.2. The van der Waals surface area contributed by atoms with E-state index in [9.17, 15) is 8.42 Å². The predicted octanol–water partition coefficient (Wildman–Crippen LogP) is 0.871. The first kappa shape index (κ1) is 13.1. The van der Waals surface area contributed by atoms with Gasteiger partial charge in [-0.1, -0.05) is 10.3 Å². The quantitative estimate of drug-likeness (QED) is 0.899. The third-order valence-electron chi connectivity index (χ3n) is 3.03. The summed E-state index contributed by atoms with van der Waals surface area (Å²) in [5, 5.41) is 6.96. The van der Waals surface area contributed by atoms with Crippen LogP contribution in [0.25, 0.3) is 0 Å². The molecule has 7 nitrogen and oxygen atoms in total. The number of fused-ring (bicyclic) bond motifs is 1. The number of ether oxygens (including phenoxy) is 1. The van der Waals surface area contributed by atoms with Crippen LogP contribution < -0.4 is 9.46 Å². The van der Waals surface area contributed by atoms with Gasteiger partial charge in [-0.15, -0.1) is 0 Å². The maximum atomic E-state index is 12.2. The highest BCUT2D eigenvalue weighted by atomic mass is 32.2. The molecular formula is C12H13N3O4S. The van der Waals surface area contributed by atoms with Crippen molar-refractivity contribution >= 4 is 10.0 Å².